The maximum Gasteiger partial charge on any atom is 0.116 e. The SMILES string of the molecule is CC(C)c1ncnc2c1CCN(C(C)C)C2. The van der Waals surface area contributed by atoms with Crippen molar-refractivity contribution in [3.05, 3.63) is 23.3 Å². The maximum atomic E-state index is 4.44. The van der Waals surface area contributed by atoms with Gasteiger partial charge in [-0.25, -0.2) is 9.97 Å². The fourth-order valence-corrected chi connectivity index (χ4v) is 2.34. The standard InChI is InChI=1S/C13H21N3/c1-9(2)13-11-5-6-16(10(3)4)7-12(11)14-8-15-13/h8-10H,5-7H2,1-4H3. The molecule has 0 saturated heterocycles. The topological polar surface area (TPSA) is 29.0 Å². The van der Waals surface area contributed by atoms with Crippen molar-refractivity contribution in [3.8, 4) is 0 Å². The Bertz CT molecular complexity index is 371. The molecule has 16 heavy (non-hydrogen) atoms. The average molecular weight is 219 g/mol. The molecule has 0 amide bonds. The second-order valence-electron chi connectivity index (χ2n) is 5.15. The second-order valence-corrected chi connectivity index (χ2v) is 5.15. The van der Waals surface area contributed by atoms with Gasteiger partial charge in [-0.2, -0.15) is 0 Å². The first kappa shape index (κ1) is 11.5. The van der Waals surface area contributed by atoms with Crippen LogP contribution in [0.2, 0.25) is 0 Å². The van der Waals surface area contributed by atoms with Gasteiger partial charge in [0.05, 0.1) is 5.69 Å². The Morgan fingerprint density at radius 3 is 2.56 bits per heavy atom. The van der Waals surface area contributed by atoms with E-state index in [9.17, 15) is 0 Å². The third-order valence-corrected chi connectivity index (χ3v) is 3.35. The molecule has 0 unspecified atom stereocenters. The first-order valence-corrected chi connectivity index (χ1v) is 6.16. The van der Waals surface area contributed by atoms with Gasteiger partial charge in [0, 0.05) is 24.8 Å². The zero-order valence-corrected chi connectivity index (χ0v) is 10.7. The van der Waals surface area contributed by atoms with Crippen LogP contribution < -0.4 is 0 Å². The third kappa shape index (κ3) is 2.09. The minimum absolute atomic E-state index is 0.502. The highest BCUT2D eigenvalue weighted by Crippen LogP contribution is 2.24. The number of fused-ring (bicyclic) bond motifs is 1. The Morgan fingerprint density at radius 1 is 1.19 bits per heavy atom. The first-order valence-electron chi connectivity index (χ1n) is 6.16. The van der Waals surface area contributed by atoms with Crippen LogP contribution in [0.3, 0.4) is 0 Å². The largest absolute Gasteiger partial charge is 0.295 e. The maximum absolute atomic E-state index is 4.44. The minimum Gasteiger partial charge on any atom is -0.295 e. The highest BCUT2D eigenvalue weighted by Gasteiger charge is 2.22. The van der Waals surface area contributed by atoms with Crippen LogP contribution in [-0.2, 0) is 13.0 Å². The van der Waals surface area contributed by atoms with E-state index in [-0.39, 0.29) is 0 Å². The molecule has 1 aliphatic rings. The van der Waals surface area contributed by atoms with Gasteiger partial charge in [0.15, 0.2) is 0 Å². The van der Waals surface area contributed by atoms with Crippen molar-refractivity contribution >= 4 is 0 Å². The predicted molar refractivity (Wildman–Crippen MR) is 65.4 cm³/mol. The molecule has 0 radical (unpaired) electrons. The molecule has 0 saturated carbocycles. The highest BCUT2D eigenvalue weighted by molar-refractivity contribution is 5.29. The van der Waals surface area contributed by atoms with Gasteiger partial charge in [0.1, 0.15) is 6.33 Å². The molecule has 3 nitrogen and oxygen atoms in total. The summed E-state index contributed by atoms with van der Waals surface area (Å²) in [4.78, 5) is 11.3. The lowest BCUT2D eigenvalue weighted by Gasteiger charge is -2.32. The van der Waals surface area contributed by atoms with E-state index in [2.05, 4.69) is 42.6 Å². The molecule has 1 aromatic heterocycles. The van der Waals surface area contributed by atoms with Gasteiger partial charge in [0.2, 0.25) is 0 Å². The Hall–Kier alpha value is -0.960. The van der Waals surface area contributed by atoms with Crippen LogP contribution in [0, 0.1) is 0 Å². The van der Waals surface area contributed by atoms with E-state index >= 15 is 0 Å². The predicted octanol–water partition coefficient (Wildman–Crippen LogP) is 2.37. The van der Waals surface area contributed by atoms with E-state index in [1.165, 1.54) is 17.0 Å². The third-order valence-electron chi connectivity index (χ3n) is 3.35. The van der Waals surface area contributed by atoms with Gasteiger partial charge in [-0.3, -0.25) is 4.90 Å². The summed E-state index contributed by atoms with van der Waals surface area (Å²) in [6.45, 7) is 11.0. The van der Waals surface area contributed by atoms with Crippen molar-refractivity contribution in [3.63, 3.8) is 0 Å². The van der Waals surface area contributed by atoms with E-state index in [0.29, 0.717) is 12.0 Å². The Morgan fingerprint density at radius 2 is 1.94 bits per heavy atom. The van der Waals surface area contributed by atoms with E-state index < -0.39 is 0 Å². The Balaban J connectivity index is 2.31. The van der Waals surface area contributed by atoms with Crippen LogP contribution in [-0.4, -0.2) is 27.5 Å². The van der Waals surface area contributed by atoms with E-state index in [1.54, 1.807) is 6.33 Å². The summed E-state index contributed by atoms with van der Waals surface area (Å²) in [6, 6.07) is 0.602. The van der Waals surface area contributed by atoms with E-state index in [4.69, 9.17) is 0 Å². The summed E-state index contributed by atoms with van der Waals surface area (Å²) in [6.07, 6.45) is 2.82. The number of rotatable bonds is 2. The zero-order chi connectivity index (χ0) is 11.7. The summed E-state index contributed by atoms with van der Waals surface area (Å²) in [5, 5.41) is 0. The van der Waals surface area contributed by atoms with Crippen molar-refractivity contribution in [2.75, 3.05) is 6.54 Å². The Kier molecular flexibility index (Phi) is 3.24. The van der Waals surface area contributed by atoms with Crippen molar-refractivity contribution in [1.82, 2.24) is 14.9 Å². The summed E-state index contributed by atoms with van der Waals surface area (Å²) < 4.78 is 0. The number of nitrogens with zero attached hydrogens (tertiary/aromatic N) is 3. The number of aromatic nitrogens is 2. The molecule has 3 heteroatoms. The minimum atomic E-state index is 0.502. The van der Waals surface area contributed by atoms with Crippen molar-refractivity contribution in [1.29, 1.82) is 0 Å². The molecule has 1 aliphatic heterocycles. The van der Waals surface area contributed by atoms with Crippen LogP contribution in [0.25, 0.3) is 0 Å². The number of hydrogen-bond acceptors (Lipinski definition) is 3. The van der Waals surface area contributed by atoms with Crippen LogP contribution in [0.15, 0.2) is 6.33 Å². The van der Waals surface area contributed by atoms with E-state index in [0.717, 1.165) is 19.5 Å². The van der Waals surface area contributed by atoms with Gasteiger partial charge >= 0.3 is 0 Å². The van der Waals surface area contributed by atoms with Crippen molar-refractivity contribution in [2.45, 2.75) is 52.6 Å². The molecule has 88 valence electrons. The lowest BCUT2D eigenvalue weighted by molar-refractivity contribution is 0.199. The fraction of sp³-hybridized carbons (Fsp3) is 0.692. The molecule has 0 aliphatic carbocycles. The summed E-state index contributed by atoms with van der Waals surface area (Å²) in [5.41, 5.74) is 3.88. The van der Waals surface area contributed by atoms with Gasteiger partial charge < -0.3 is 0 Å². The monoisotopic (exact) mass is 219 g/mol. The van der Waals surface area contributed by atoms with E-state index in [1.807, 2.05) is 0 Å². The van der Waals surface area contributed by atoms with Crippen LogP contribution in [0.4, 0.5) is 0 Å². The molecule has 2 heterocycles. The van der Waals surface area contributed by atoms with Crippen LogP contribution in [0.5, 0.6) is 0 Å². The lowest BCUT2D eigenvalue weighted by Crippen LogP contribution is -2.37. The molecular formula is C13H21N3. The second kappa shape index (κ2) is 4.50. The molecule has 0 bridgehead atoms. The molecule has 0 aromatic carbocycles. The first-order chi connectivity index (χ1) is 7.59. The molecule has 0 atom stereocenters. The fourth-order valence-electron chi connectivity index (χ4n) is 2.34. The highest BCUT2D eigenvalue weighted by atomic mass is 15.2. The number of hydrogen-bond donors (Lipinski definition) is 0. The van der Waals surface area contributed by atoms with Crippen molar-refractivity contribution in [2.24, 2.45) is 0 Å². The normalized spacial score (nSPS) is 16.9. The quantitative estimate of drug-likeness (QED) is 0.764. The van der Waals surface area contributed by atoms with Crippen molar-refractivity contribution < 1.29 is 0 Å². The zero-order valence-electron chi connectivity index (χ0n) is 10.7. The van der Waals surface area contributed by atoms with Gasteiger partial charge in [-0.15, -0.1) is 0 Å². The molecular weight excluding hydrogens is 198 g/mol. The van der Waals surface area contributed by atoms with Gasteiger partial charge in [-0.1, -0.05) is 13.8 Å². The summed E-state index contributed by atoms with van der Waals surface area (Å²) in [5.74, 6) is 0.502. The van der Waals surface area contributed by atoms with Crippen LogP contribution in [0.1, 0.15) is 50.6 Å². The average Bonchev–Trinajstić information content (AvgIpc) is 2.27. The molecule has 0 fully saturated rings. The summed E-state index contributed by atoms with van der Waals surface area (Å²) in [7, 11) is 0. The van der Waals surface area contributed by atoms with Gasteiger partial charge in [-0.05, 0) is 31.7 Å². The molecule has 1 aromatic rings. The smallest absolute Gasteiger partial charge is 0.116 e. The molecule has 0 spiro atoms. The van der Waals surface area contributed by atoms with Gasteiger partial charge in [0.25, 0.3) is 0 Å². The Labute approximate surface area is 97.9 Å². The molecule has 2 rings (SSSR count). The lowest BCUT2D eigenvalue weighted by atomic mass is 9.96. The summed E-state index contributed by atoms with van der Waals surface area (Å²) >= 11 is 0. The van der Waals surface area contributed by atoms with Crippen LogP contribution >= 0.6 is 0 Å². The molecule has 0 N–H and O–H groups in total.